The predicted octanol–water partition coefficient (Wildman–Crippen LogP) is 4.59. The van der Waals surface area contributed by atoms with Gasteiger partial charge in [0.2, 0.25) is 5.95 Å². The number of anilines is 2. The molecule has 1 saturated heterocycles. The summed E-state index contributed by atoms with van der Waals surface area (Å²) in [6, 6.07) is 5.66. The Bertz CT molecular complexity index is 1380. The number of nitrogens with one attached hydrogen (secondary N) is 3. The fraction of sp³-hybridized carbons (Fsp3) is 0.357. The van der Waals surface area contributed by atoms with Crippen molar-refractivity contribution in [3.63, 3.8) is 0 Å². The summed E-state index contributed by atoms with van der Waals surface area (Å²) in [6.07, 6.45) is 4.09. The zero-order valence-electron chi connectivity index (χ0n) is 22.9. The molecule has 1 aromatic carbocycles. The number of carbonyl (C=O) groups excluding carboxylic acids is 1. The molecule has 218 valence electrons. The molecule has 4 rings (SSSR count). The molecule has 1 fully saturated rings. The van der Waals surface area contributed by atoms with E-state index in [-0.39, 0.29) is 29.4 Å². The van der Waals surface area contributed by atoms with E-state index >= 15 is 0 Å². The minimum Gasteiger partial charge on any atom is -0.379 e. The molecule has 1 amide bonds. The standard InChI is InChI=1S/C28H33F3N8O2/c1-4-19(2)36-24-16-25(35-18-34-24)39-10-9-33-27(39)32-8-7-20(3)37-26(40)21-5-6-22(23(15-21)28(29,30)31)17-38-11-13-41-14-12-38/h5-10,15-16,18-19H,3-4,11-14,17H2,1-2H3,(H,32,33)(H,37,40)(H,34,35,36)/b8-7+. The van der Waals surface area contributed by atoms with E-state index < -0.39 is 17.6 Å². The Morgan fingerprint density at radius 2 is 1.98 bits per heavy atom. The topological polar surface area (TPSA) is 109 Å². The lowest BCUT2D eigenvalue weighted by Gasteiger charge is -2.27. The molecule has 3 heterocycles. The molecular formula is C28H33F3N8O2. The molecule has 1 atom stereocenters. The Balaban J connectivity index is 1.39. The van der Waals surface area contributed by atoms with Gasteiger partial charge in [0.05, 0.1) is 18.8 Å². The van der Waals surface area contributed by atoms with Crippen LogP contribution in [0.1, 0.15) is 41.8 Å². The highest BCUT2D eigenvalue weighted by atomic mass is 19.4. The molecule has 13 heteroatoms. The van der Waals surface area contributed by atoms with E-state index in [0.717, 1.165) is 12.5 Å². The minimum atomic E-state index is -4.60. The minimum absolute atomic E-state index is 0.112. The van der Waals surface area contributed by atoms with Crippen molar-refractivity contribution in [2.24, 2.45) is 0 Å². The quantitative estimate of drug-likeness (QED) is 0.287. The number of benzene rings is 1. The highest BCUT2D eigenvalue weighted by molar-refractivity contribution is 5.95. The number of aromatic nitrogens is 4. The third-order valence-electron chi connectivity index (χ3n) is 6.49. The Hall–Kier alpha value is -4.23. The first kappa shape index (κ1) is 29.7. The van der Waals surface area contributed by atoms with Crippen LogP contribution in [0.4, 0.5) is 24.9 Å². The first-order chi connectivity index (χ1) is 19.6. The number of ether oxygens (including phenoxy) is 1. The second-order valence-electron chi connectivity index (χ2n) is 9.55. The van der Waals surface area contributed by atoms with E-state index in [1.807, 2.05) is 4.90 Å². The van der Waals surface area contributed by atoms with Gasteiger partial charge in [0, 0.05) is 61.6 Å². The number of hydrogen-bond acceptors (Lipinski definition) is 8. The third kappa shape index (κ3) is 8.14. The van der Waals surface area contributed by atoms with Crippen LogP contribution >= 0.6 is 0 Å². The maximum atomic E-state index is 13.8. The van der Waals surface area contributed by atoms with Crippen LogP contribution in [0.3, 0.4) is 0 Å². The number of amides is 1. The van der Waals surface area contributed by atoms with Gasteiger partial charge in [0.25, 0.3) is 5.91 Å². The van der Waals surface area contributed by atoms with Gasteiger partial charge in [-0.05, 0) is 37.1 Å². The molecule has 1 unspecified atom stereocenters. The van der Waals surface area contributed by atoms with Crippen molar-refractivity contribution < 1.29 is 22.7 Å². The molecule has 10 nitrogen and oxygen atoms in total. The van der Waals surface area contributed by atoms with E-state index in [0.29, 0.717) is 43.9 Å². The van der Waals surface area contributed by atoms with E-state index in [1.54, 1.807) is 23.0 Å². The van der Waals surface area contributed by atoms with Gasteiger partial charge in [-0.1, -0.05) is 19.6 Å². The van der Waals surface area contributed by atoms with Crippen LogP contribution in [0.2, 0.25) is 0 Å². The number of hydrogen-bond donors (Lipinski definition) is 3. The van der Waals surface area contributed by atoms with Crippen LogP contribution in [-0.2, 0) is 17.5 Å². The second-order valence-corrected chi connectivity index (χ2v) is 9.55. The molecule has 41 heavy (non-hydrogen) atoms. The summed E-state index contributed by atoms with van der Waals surface area (Å²) in [4.78, 5) is 27.5. The highest BCUT2D eigenvalue weighted by Gasteiger charge is 2.34. The smallest absolute Gasteiger partial charge is 0.379 e. The third-order valence-corrected chi connectivity index (χ3v) is 6.49. The van der Waals surface area contributed by atoms with Crippen LogP contribution in [0.25, 0.3) is 5.82 Å². The van der Waals surface area contributed by atoms with Gasteiger partial charge in [-0.2, -0.15) is 13.2 Å². The molecule has 0 aliphatic carbocycles. The number of allylic oxidation sites excluding steroid dienone is 1. The Morgan fingerprint density at radius 1 is 1.20 bits per heavy atom. The zero-order valence-corrected chi connectivity index (χ0v) is 22.9. The van der Waals surface area contributed by atoms with Crippen LogP contribution in [-0.4, -0.2) is 62.7 Å². The first-order valence-electron chi connectivity index (χ1n) is 13.2. The SMILES string of the molecule is C=C(/C=C/Nc1nccn1-c1cc(NC(C)CC)ncn1)NC(=O)c1ccc(CN2CCOCC2)c(C(F)(F)F)c1. The molecule has 1 aliphatic heterocycles. The molecule has 0 bridgehead atoms. The summed E-state index contributed by atoms with van der Waals surface area (Å²) in [5.74, 6) is 1.01. The summed E-state index contributed by atoms with van der Waals surface area (Å²) in [5.41, 5.74) is -0.667. The number of halogens is 3. The molecule has 0 saturated carbocycles. The van der Waals surface area contributed by atoms with Crippen molar-refractivity contribution in [1.29, 1.82) is 0 Å². The maximum absolute atomic E-state index is 13.8. The van der Waals surface area contributed by atoms with Gasteiger partial charge in [0.1, 0.15) is 18.0 Å². The number of carbonyl (C=O) groups is 1. The van der Waals surface area contributed by atoms with Crippen molar-refractivity contribution in [3.8, 4) is 5.82 Å². The zero-order chi connectivity index (χ0) is 29.4. The summed E-state index contributed by atoms with van der Waals surface area (Å²) >= 11 is 0. The van der Waals surface area contributed by atoms with E-state index in [1.165, 1.54) is 30.7 Å². The summed E-state index contributed by atoms with van der Waals surface area (Å²) < 4.78 is 48.5. The number of rotatable bonds is 11. The van der Waals surface area contributed by atoms with E-state index in [9.17, 15) is 18.0 Å². The first-order valence-corrected chi connectivity index (χ1v) is 13.2. The number of morpholine rings is 1. The lowest BCUT2D eigenvalue weighted by molar-refractivity contribution is -0.138. The average Bonchev–Trinajstić information content (AvgIpc) is 3.42. The molecule has 2 aromatic heterocycles. The fourth-order valence-corrected chi connectivity index (χ4v) is 4.10. The van der Waals surface area contributed by atoms with Crippen LogP contribution in [0, 0.1) is 0 Å². The summed E-state index contributed by atoms with van der Waals surface area (Å²) in [7, 11) is 0. The van der Waals surface area contributed by atoms with Gasteiger partial charge in [0.15, 0.2) is 0 Å². The lowest BCUT2D eigenvalue weighted by Crippen LogP contribution is -2.36. The summed E-state index contributed by atoms with van der Waals surface area (Å²) in [5, 5.41) is 8.82. The van der Waals surface area contributed by atoms with Gasteiger partial charge in [-0.3, -0.25) is 14.3 Å². The van der Waals surface area contributed by atoms with Crippen LogP contribution in [0.15, 0.2) is 67.5 Å². The Morgan fingerprint density at radius 3 is 2.71 bits per heavy atom. The molecule has 0 spiro atoms. The van der Waals surface area contributed by atoms with E-state index in [2.05, 4.69) is 51.3 Å². The van der Waals surface area contributed by atoms with Crippen molar-refractivity contribution in [2.75, 3.05) is 36.9 Å². The molecule has 1 aliphatic rings. The van der Waals surface area contributed by atoms with Gasteiger partial charge in [-0.15, -0.1) is 0 Å². The average molecular weight is 571 g/mol. The monoisotopic (exact) mass is 570 g/mol. The largest absolute Gasteiger partial charge is 0.416 e. The Labute approximate surface area is 236 Å². The van der Waals surface area contributed by atoms with Crippen molar-refractivity contribution in [2.45, 2.75) is 39.0 Å². The molecule has 0 radical (unpaired) electrons. The normalized spacial score (nSPS) is 15.0. The van der Waals surface area contributed by atoms with Gasteiger partial charge >= 0.3 is 6.18 Å². The molecule has 3 aromatic rings. The fourth-order valence-electron chi connectivity index (χ4n) is 4.10. The molecule has 3 N–H and O–H groups in total. The summed E-state index contributed by atoms with van der Waals surface area (Å²) in [6.45, 7) is 10.1. The number of nitrogens with zero attached hydrogens (tertiary/aromatic N) is 5. The van der Waals surface area contributed by atoms with E-state index in [4.69, 9.17) is 4.74 Å². The van der Waals surface area contributed by atoms with Crippen molar-refractivity contribution >= 4 is 17.7 Å². The van der Waals surface area contributed by atoms with Crippen LogP contribution < -0.4 is 16.0 Å². The maximum Gasteiger partial charge on any atom is 0.416 e. The predicted molar refractivity (Wildman–Crippen MR) is 149 cm³/mol. The van der Waals surface area contributed by atoms with Gasteiger partial charge < -0.3 is 20.7 Å². The molecular weight excluding hydrogens is 537 g/mol. The van der Waals surface area contributed by atoms with Crippen molar-refractivity contribution in [3.05, 3.63) is 84.2 Å². The van der Waals surface area contributed by atoms with Crippen molar-refractivity contribution in [1.82, 2.24) is 29.7 Å². The Kier molecular flexibility index (Phi) is 9.73. The van der Waals surface area contributed by atoms with Gasteiger partial charge in [-0.25, -0.2) is 15.0 Å². The second kappa shape index (κ2) is 13.4. The number of alkyl halides is 3. The highest BCUT2D eigenvalue weighted by Crippen LogP contribution is 2.33. The van der Waals surface area contributed by atoms with Crippen LogP contribution in [0.5, 0.6) is 0 Å². The lowest BCUT2D eigenvalue weighted by atomic mass is 10.0. The number of imidazole rings is 1.